The van der Waals surface area contributed by atoms with Gasteiger partial charge < -0.3 is 5.73 Å². The van der Waals surface area contributed by atoms with Gasteiger partial charge in [0.05, 0.1) is 0 Å². The van der Waals surface area contributed by atoms with E-state index in [-0.39, 0.29) is 6.04 Å². The number of hydrogen-bond acceptors (Lipinski definition) is 2. The van der Waals surface area contributed by atoms with Crippen molar-refractivity contribution in [1.82, 2.24) is 4.90 Å². The molecule has 21 heavy (non-hydrogen) atoms. The van der Waals surface area contributed by atoms with Crippen molar-refractivity contribution in [1.29, 1.82) is 0 Å². The summed E-state index contributed by atoms with van der Waals surface area (Å²) in [5, 5.41) is 2.71. The number of nitrogens with zero attached hydrogens (tertiary/aromatic N) is 1. The molecule has 3 atom stereocenters. The Morgan fingerprint density at radius 1 is 1.05 bits per heavy atom. The number of hydrogen-bond donors (Lipinski definition) is 1. The molecule has 1 saturated heterocycles. The molecule has 1 fully saturated rings. The van der Waals surface area contributed by atoms with Gasteiger partial charge in [-0.1, -0.05) is 48.9 Å². The lowest BCUT2D eigenvalue weighted by Gasteiger charge is -2.42. The van der Waals surface area contributed by atoms with Gasteiger partial charge in [-0.25, -0.2) is 0 Å². The largest absolute Gasteiger partial charge is 0.327 e. The van der Waals surface area contributed by atoms with E-state index in [4.69, 9.17) is 5.73 Å². The van der Waals surface area contributed by atoms with Gasteiger partial charge in [-0.05, 0) is 49.6 Å². The summed E-state index contributed by atoms with van der Waals surface area (Å²) >= 11 is 0. The molecule has 1 aliphatic heterocycles. The average Bonchev–Trinajstić information content (AvgIpc) is 2.53. The van der Waals surface area contributed by atoms with E-state index < -0.39 is 0 Å². The van der Waals surface area contributed by atoms with E-state index in [9.17, 15) is 0 Å². The highest BCUT2D eigenvalue weighted by Crippen LogP contribution is 2.33. The van der Waals surface area contributed by atoms with Gasteiger partial charge in [0.1, 0.15) is 0 Å². The Labute approximate surface area is 127 Å². The van der Waals surface area contributed by atoms with E-state index >= 15 is 0 Å². The van der Waals surface area contributed by atoms with Crippen LogP contribution in [0.3, 0.4) is 0 Å². The Morgan fingerprint density at radius 3 is 2.62 bits per heavy atom. The van der Waals surface area contributed by atoms with Gasteiger partial charge in [0.15, 0.2) is 0 Å². The average molecular weight is 282 g/mol. The maximum absolute atomic E-state index is 6.24. The number of benzene rings is 2. The zero-order chi connectivity index (χ0) is 14.8. The van der Waals surface area contributed by atoms with Crippen LogP contribution >= 0.6 is 0 Å². The van der Waals surface area contributed by atoms with Gasteiger partial charge in [-0.3, -0.25) is 4.90 Å². The van der Waals surface area contributed by atoms with Crippen LogP contribution in [0, 0.1) is 0 Å². The van der Waals surface area contributed by atoms with Crippen LogP contribution in [0.2, 0.25) is 0 Å². The molecule has 0 saturated carbocycles. The van der Waals surface area contributed by atoms with Crippen molar-refractivity contribution in [3.63, 3.8) is 0 Å². The first-order chi connectivity index (χ1) is 10.2. The molecule has 2 aromatic rings. The molecular weight excluding hydrogens is 256 g/mol. The number of rotatable bonds is 3. The summed E-state index contributed by atoms with van der Waals surface area (Å²) < 4.78 is 0. The van der Waals surface area contributed by atoms with Gasteiger partial charge in [0, 0.05) is 18.1 Å². The second-order valence-electron chi connectivity index (χ2n) is 6.40. The van der Waals surface area contributed by atoms with Crippen LogP contribution in [0.5, 0.6) is 0 Å². The predicted molar refractivity (Wildman–Crippen MR) is 90.4 cm³/mol. The minimum Gasteiger partial charge on any atom is -0.327 e. The molecule has 0 aliphatic carbocycles. The summed E-state index contributed by atoms with van der Waals surface area (Å²) in [7, 11) is 0. The van der Waals surface area contributed by atoms with Crippen LogP contribution in [0.25, 0.3) is 10.8 Å². The molecule has 0 amide bonds. The molecule has 0 aromatic heterocycles. The molecule has 1 aliphatic rings. The quantitative estimate of drug-likeness (QED) is 0.918. The third-order valence-corrected chi connectivity index (χ3v) is 4.97. The van der Waals surface area contributed by atoms with E-state index in [1.54, 1.807) is 0 Å². The number of piperidine rings is 1. The van der Waals surface area contributed by atoms with Gasteiger partial charge in [-0.15, -0.1) is 0 Å². The Bertz CT molecular complexity index is 600. The van der Waals surface area contributed by atoms with E-state index in [0.29, 0.717) is 12.1 Å². The van der Waals surface area contributed by atoms with Crippen molar-refractivity contribution >= 4 is 10.8 Å². The van der Waals surface area contributed by atoms with E-state index in [1.165, 1.54) is 35.6 Å². The van der Waals surface area contributed by atoms with Gasteiger partial charge in [-0.2, -0.15) is 0 Å². The zero-order valence-corrected chi connectivity index (χ0v) is 13.1. The molecule has 3 rings (SSSR count). The fourth-order valence-corrected chi connectivity index (χ4v) is 3.82. The smallest absolute Gasteiger partial charge is 0.0329 e. The molecule has 2 aromatic carbocycles. The fraction of sp³-hybridized carbons (Fsp3) is 0.474. The van der Waals surface area contributed by atoms with Crippen molar-refractivity contribution in [2.75, 3.05) is 6.54 Å². The van der Waals surface area contributed by atoms with Crippen molar-refractivity contribution in [3.8, 4) is 0 Å². The van der Waals surface area contributed by atoms with Crippen LogP contribution in [0.4, 0.5) is 0 Å². The van der Waals surface area contributed by atoms with Gasteiger partial charge in [0.25, 0.3) is 0 Å². The molecule has 112 valence electrons. The molecule has 3 unspecified atom stereocenters. The van der Waals surface area contributed by atoms with Gasteiger partial charge >= 0.3 is 0 Å². The molecule has 0 spiro atoms. The molecule has 1 heterocycles. The Morgan fingerprint density at radius 2 is 1.81 bits per heavy atom. The standard InChI is InChI=1S/C19H26N2/c1-14(20)19-12-5-6-13-21(19)15(2)17-11-7-9-16-8-3-4-10-18(16)17/h3-4,7-11,14-15,19H,5-6,12-13,20H2,1-2H3. The summed E-state index contributed by atoms with van der Waals surface area (Å²) in [6, 6.07) is 16.5. The Balaban J connectivity index is 1.97. The summed E-state index contributed by atoms with van der Waals surface area (Å²) in [5.41, 5.74) is 7.68. The van der Waals surface area contributed by atoms with E-state index in [2.05, 4.69) is 61.2 Å². The Hall–Kier alpha value is -1.38. The second kappa shape index (κ2) is 6.17. The first-order valence-electron chi connectivity index (χ1n) is 8.17. The predicted octanol–water partition coefficient (Wildman–Crippen LogP) is 4.10. The topological polar surface area (TPSA) is 29.3 Å². The second-order valence-corrected chi connectivity index (χ2v) is 6.40. The number of fused-ring (bicyclic) bond motifs is 1. The molecule has 0 bridgehead atoms. The van der Waals surface area contributed by atoms with Crippen LogP contribution in [0.1, 0.15) is 44.7 Å². The zero-order valence-electron chi connectivity index (χ0n) is 13.1. The first-order valence-corrected chi connectivity index (χ1v) is 8.17. The van der Waals surface area contributed by atoms with Crippen molar-refractivity contribution in [2.45, 2.75) is 51.2 Å². The van der Waals surface area contributed by atoms with Crippen LogP contribution in [-0.4, -0.2) is 23.5 Å². The van der Waals surface area contributed by atoms with Crippen molar-refractivity contribution in [2.24, 2.45) is 5.73 Å². The summed E-state index contributed by atoms with van der Waals surface area (Å²) in [6.45, 7) is 5.65. The maximum Gasteiger partial charge on any atom is 0.0329 e. The SMILES string of the molecule is CC(N)C1CCCCN1C(C)c1cccc2ccccc12. The lowest BCUT2D eigenvalue weighted by molar-refractivity contribution is 0.0896. The molecule has 2 nitrogen and oxygen atoms in total. The summed E-state index contributed by atoms with van der Waals surface area (Å²) in [5.74, 6) is 0. The van der Waals surface area contributed by atoms with Crippen LogP contribution in [-0.2, 0) is 0 Å². The minimum absolute atomic E-state index is 0.239. The molecular formula is C19H26N2. The molecule has 2 N–H and O–H groups in total. The monoisotopic (exact) mass is 282 g/mol. The van der Waals surface area contributed by atoms with E-state index in [0.717, 1.165) is 6.54 Å². The number of nitrogens with two attached hydrogens (primary N) is 1. The lowest BCUT2D eigenvalue weighted by Crippen LogP contribution is -2.49. The first kappa shape index (κ1) is 14.6. The van der Waals surface area contributed by atoms with Crippen LogP contribution < -0.4 is 5.73 Å². The lowest BCUT2D eigenvalue weighted by atomic mass is 9.91. The highest BCUT2D eigenvalue weighted by Gasteiger charge is 2.30. The normalized spacial score (nSPS) is 23.1. The van der Waals surface area contributed by atoms with Gasteiger partial charge in [0.2, 0.25) is 0 Å². The third kappa shape index (κ3) is 2.83. The minimum atomic E-state index is 0.239. The fourth-order valence-electron chi connectivity index (χ4n) is 3.82. The summed E-state index contributed by atoms with van der Waals surface area (Å²) in [4.78, 5) is 2.62. The van der Waals surface area contributed by atoms with Crippen molar-refractivity contribution in [3.05, 3.63) is 48.0 Å². The van der Waals surface area contributed by atoms with Crippen molar-refractivity contribution < 1.29 is 0 Å². The highest BCUT2D eigenvalue weighted by molar-refractivity contribution is 5.86. The Kier molecular flexibility index (Phi) is 4.27. The van der Waals surface area contributed by atoms with Crippen LogP contribution in [0.15, 0.2) is 42.5 Å². The highest BCUT2D eigenvalue weighted by atomic mass is 15.2. The van der Waals surface area contributed by atoms with E-state index in [1.807, 2.05) is 0 Å². The molecule has 0 radical (unpaired) electrons. The molecule has 2 heteroatoms. The summed E-state index contributed by atoms with van der Waals surface area (Å²) in [6.07, 6.45) is 3.83. The number of likely N-dealkylation sites (tertiary alicyclic amines) is 1. The third-order valence-electron chi connectivity index (χ3n) is 4.97. The maximum atomic E-state index is 6.24.